The fourth-order valence-electron chi connectivity index (χ4n) is 3.59. The van der Waals surface area contributed by atoms with Crippen LogP contribution in [0.15, 0.2) is 60.8 Å². The number of aromatic nitrogens is 5. The number of amides is 1. The average Bonchev–Trinajstić information content (AvgIpc) is 3.26. The summed E-state index contributed by atoms with van der Waals surface area (Å²) >= 11 is 6.30. The molecule has 176 valence electrons. The van der Waals surface area contributed by atoms with Crippen LogP contribution in [-0.2, 0) is 11.4 Å². The minimum absolute atomic E-state index is 0. The molecule has 0 aliphatic rings. The van der Waals surface area contributed by atoms with Crippen LogP contribution in [0.2, 0.25) is 5.02 Å². The SMILES string of the molecule is O=C([N-]OCCO)c1ccc(-c2ccc3nnn(Cc4cc5cccnc5cc4F)c3n2)cc1Cl.[Na+]. The van der Waals surface area contributed by atoms with Crippen molar-refractivity contribution in [3.63, 3.8) is 0 Å². The molecule has 0 unspecified atom stereocenters. The number of aliphatic hydroxyl groups excluding tert-OH is 1. The Hall–Kier alpha value is -2.99. The topological polar surface area (TPSA) is 117 Å². The van der Waals surface area contributed by atoms with Gasteiger partial charge in [-0.25, -0.2) is 14.1 Å². The Morgan fingerprint density at radius 1 is 1.14 bits per heavy atom. The summed E-state index contributed by atoms with van der Waals surface area (Å²) in [5, 5.41) is 18.0. The largest absolute Gasteiger partial charge is 1.00 e. The van der Waals surface area contributed by atoms with Crippen molar-refractivity contribution < 1.29 is 48.7 Å². The van der Waals surface area contributed by atoms with Gasteiger partial charge in [-0.2, -0.15) is 0 Å². The molecule has 0 radical (unpaired) electrons. The maximum Gasteiger partial charge on any atom is 1.00 e. The molecule has 0 saturated heterocycles. The van der Waals surface area contributed by atoms with Crippen molar-refractivity contribution in [1.29, 1.82) is 0 Å². The van der Waals surface area contributed by atoms with Crippen LogP contribution in [0.4, 0.5) is 4.39 Å². The van der Waals surface area contributed by atoms with Crippen molar-refractivity contribution in [2.45, 2.75) is 6.54 Å². The van der Waals surface area contributed by atoms with E-state index < -0.39 is 11.7 Å². The summed E-state index contributed by atoms with van der Waals surface area (Å²) in [6.07, 6.45) is 1.62. The molecule has 0 fully saturated rings. The molecule has 0 saturated carbocycles. The summed E-state index contributed by atoms with van der Waals surface area (Å²) in [6.45, 7) is -0.214. The van der Waals surface area contributed by atoms with Gasteiger partial charge in [0.15, 0.2) is 5.65 Å². The zero-order chi connectivity index (χ0) is 24.4. The van der Waals surface area contributed by atoms with Crippen molar-refractivity contribution in [3.8, 4) is 11.3 Å². The van der Waals surface area contributed by atoms with E-state index >= 15 is 0 Å². The van der Waals surface area contributed by atoms with E-state index in [4.69, 9.17) is 21.5 Å². The van der Waals surface area contributed by atoms with Crippen molar-refractivity contribution in [2.24, 2.45) is 0 Å². The smallest absolute Gasteiger partial charge is 0.527 e. The predicted molar refractivity (Wildman–Crippen MR) is 127 cm³/mol. The van der Waals surface area contributed by atoms with Crippen LogP contribution in [0.3, 0.4) is 0 Å². The number of hydrogen-bond acceptors (Lipinski definition) is 7. The number of pyridine rings is 2. The molecule has 3 heterocycles. The maximum atomic E-state index is 14.7. The second-order valence-corrected chi connectivity index (χ2v) is 7.98. The van der Waals surface area contributed by atoms with E-state index in [1.54, 1.807) is 42.6 Å². The first-order valence-electron chi connectivity index (χ1n) is 10.5. The van der Waals surface area contributed by atoms with Gasteiger partial charge >= 0.3 is 29.6 Å². The minimum atomic E-state index is -0.659. The molecule has 0 aliphatic heterocycles. The number of aliphatic hydroxyl groups is 1. The number of carbonyl (C=O) groups excluding carboxylic acids is 1. The Morgan fingerprint density at radius 2 is 2.00 bits per heavy atom. The number of halogens is 2. The fourth-order valence-corrected chi connectivity index (χ4v) is 3.85. The molecule has 0 bridgehead atoms. The second kappa shape index (κ2) is 11.4. The number of rotatable bonds is 7. The third kappa shape index (κ3) is 5.39. The van der Waals surface area contributed by atoms with Crippen molar-refractivity contribution in [1.82, 2.24) is 25.0 Å². The van der Waals surface area contributed by atoms with E-state index in [2.05, 4.69) is 25.8 Å². The van der Waals surface area contributed by atoms with Gasteiger partial charge in [0.25, 0.3) is 0 Å². The summed E-state index contributed by atoms with van der Waals surface area (Å²) in [5.41, 5.74) is 6.81. The first-order valence-corrected chi connectivity index (χ1v) is 10.9. The molecule has 2 aromatic carbocycles. The summed E-state index contributed by atoms with van der Waals surface area (Å²) in [7, 11) is 0. The number of hydrogen-bond donors (Lipinski definition) is 1. The number of fused-ring (bicyclic) bond motifs is 2. The van der Waals surface area contributed by atoms with E-state index in [1.807, 2.05) is 6.07 Å². The molecule has 0 spiro atoms. The van der Waals surface area contributed by atoms with Gasteiger partial charge in [-0.15, -0.1) is 5.10 Å². The van der Waals surface area contributed by atoms with Crippen LogP contribution >= 0.6 is 11.6 Å². The second-order valence-electron chi connectivity index (χ2n) is 7.57. The molecule has 36 heavy (non-hydrogen) atoms. The van der Waals surface area contributed by atoms with E-state index in [9.17, 15) is 9.18 Å². The van der Waals surface area contributed by atoms with E-state index in [-0.39, 0.29) is 59.9 Å². The van der Waals surface area contributed by atoms with Gasteiger partial charge < -0.3 is 20.2 Å². The first kappa shape index (κ1) is 26.1. The van der Waals surface area contributed by atoms with Crippen LogP contribution < -0.4 is 29.6 Å². The molecule has 1 N–H and O–H groups in total. The van der Waals surface area contributed by atoms with Gasteiger partial charge in [0.1, 0.15) is 17.2 Å². The summed E-state index contributed by atoms with van der Waals surface area (Å²) in [4.78, 5) is 25.7. The van der Waals surface area contributed by atoms with Crippen molar-refractivity contribution in [2.75, 3.05) is 13.2 Å². The number of benzene rings is 2. The minimum Gasteiger partial charge on any atom is -0.527 e. The van der Waals surface area contributed by atoms with E-state index in [1.165, 1.54) is 16.8 Å². The standard InChI is InChI=1S/C24H18ClFN6O3.Na/c25-18-11-15(3-4-17(18)24(34)30-35-9-8-33)20-5-6-21-23(28-20)32(31-29-21)13-16-10-14-2-1-7-27-22(14)12-19(16)26;/h1-7,10-12,33H,8-9,13H2,(H,30,34);/q;+1/p-1. The summed E-state index contributed by atoms with van der Waals surface area (Å²) in [6, 6.07) is 15.1. The zero-order valence-electron chi connectivity index (χ0n) is 19.1. The van der Waals surface area contributed by atoms with Crippen LogP contribution in [0.1, 0.15) is 15.9 Å². The number of hydroxylamine groups is 1. The monoisotopic (exact) mass is 514 g/mol. The summed E-state index contributed by atoms with van der Waals surface area (Å²) < 4.78 is 16.2. The Balaban J connectivity index is 0.00000304. The number of carbonyl (C=O) groups is 1. The third-order valence-corrected chi connectivity index (χ3v) is 5.59. The normalized spacial score (nSPS) is 11.0. The zero-order valence-corrected chi connectivity index (χ0v) is 21.9. The van der Waals surface area contributed by atoms with Gasteiger partial charge in [0, 0.05) is 34.3 Å². The van der Waals surface area contributed by atoms with Crippen molar-refractivity contribution in [3.05, 3.63) is 88.2 Å². The Bertz CT molecular complexity index is 1560. The molecule has 9 nitrogen and oxygen atoms in total. The van der Waals surface area contributed by atoms with Crippen LogP contribution in [0.25, 0.3) is 38.8 Å². The molecule has 0 atom stereocenters. The Labute approximate surface area is 231 Å². The van der Waals surface area contributed by atoms with Gasteiger partial charge in [0.05, 0.1) is 36.0 Å². The first-order chi connectivity index (χ1) is 17.0. The molecular formula is C24H17ClFN6NaO3. The Kier molecular flexibility index (Phi) is 8.24. The Morgan fingerprint density at radius 3 is 2.81 bits per heavy atom. The van der Waals surface area contributed by atoms with Crippen LogP contribution in [0.5, 0.6) is 0 Å². The van der Waals surface area contributed by atoms with Gasteiger partial charge in [-0.1, -0.05) is 35.0 Å². The van der Waals surface area contributed by atoms with Crippen molar-refractivity contribution >= 4 is 39.6 Å². The maximum absolute atomic E-state index is 14.7. The van der Waals surface area contributed by atoms with Gasteiger partial charge in [-0.05, 0) is 30.3 Å². The average molecular weight is 515 g/mol. The molecule has 5 rings (SSSR count). The molecule has 3 aromatic heterocycles. The van der Waals surface area contributed by atoms with E-state index in [0.717, 1.165) is 5.39 Å². The van der Waals surface area contributed by atoms with Crippen LogP contribution in [-0.4, -0.2) is 49.2 Å². The molecule has 5 aromatic rings. The number of nitrogens with zero attached hydrogens (tertiary/aromatic N) is 6. The quantitative estimate of drug-likeness (QED) is 0.198. The molecular weight excluding hydrogens is 498 g/mol. The summed E-state index contributed by atoms with van der Waals surface area (Å²) in [5.74, 6) is -1.05. The fraction of sp³-hybridized carbons (Fsp3) is 0.125. The third-order valence-electron chi connectivity index (χ3n) is 5.28. The molecule has 12 heteroatoms. The molecule has 1 amide bonds. The molecule has 0 aliphatic carbocycles. The predicted octanol–water partition coefficient (Wildman–Crippen LogP) is 1.32. The van der Waals surface area contributed by atoms with Gasteiger partial charge in [0.2, 0.25) is 0 Å². The van der Waals surface area contributed by atoms with Crippen LogP contribution in [0, 0.1) is 5.82 Å². The van der Waals surface area contributed by atoms with Gasteiger partial charge in [-0.3, -0.25) is 4.98 Å². The van der Waals surface area contributed by atoms with E-state index in [0.29, 0.717) is 33.5 Å².